The van der Waals surface area contributed by atoms with Crippen molar-refractivity contribution >= 4 is 23.4 Å². The molecule has 0 radical (unpaired) electrons. The molecule has 3 heterocycles. The number of carbonyl (C=O) groups is 1. The fourth-order valence-corrected chi connectivity index (χ4v) is 4.51. The third-order valence-electron chi connectivity index (χ3n) is 4.88. The van der Waals surface area contributed by atoms with Crippen molar-refractivity contribution in [1.29, 1.82) is 0 Å². The lowest BCUT2D eigenvalue weighted by Crippen LogP contribution is -2.39. The highest BCUT2D eigenvalue weighted by molar-refractivity contribution is 7.07. The monoisotopic (exact) mass is 424 g/mol. The van der Waals surface area contributed by atoms with Gasteiger partial charge in [-0.2, -0.15) is 5.10 Å². The lowest BCUT2D eigenvalue weighted by atomic mass is 9.96. The largest absolute Gasteiger partial charge is 0.497 e. The average Bonchev–Trinajstić information content (AvgIpc) is 3.29. The maximum atomic E-state index is 13.4. The molecule has 4 rings (SSSR count). The molecule has 9 heteroatoms. The molecule has 0 saturated carbocycles. The zero-order valence-corrected chi connectivity index (χ0v) is 17.8. The summed E-state index contributed by atoms with van der Waals surface area (Å²) in [5, 5.41) is 4.14. The Bertz CT molecular complexity index is 1330. The molecule has 154 valence electrons. The fourth-order valence-electron chi connectivity index (χ4n) is 3.46. The van der Waals surface area contributed by atoms with Crippen LogP contribution in [0.15, 0.2) is 57.7 Å². The summed E-state index contributed by atoms with van der Waals surface area (Å²) in [6.45, 7) is 1.75. The summed E-state index contributed by atoms with van der Waals surface area (Å²) in [5.41, 5.74) is 2.21. The molecule has 0 amide bonds. The second-order valence-electron chi connectivity index (χ2n) is 6.79. The van der Waals surface area contributed by atoms with Crippen LogP contribution in [0.3, 0.4) is 0 Å². The maximum Gasteiger partial charge on any atom is 0.338 e. The zero-order chi connectivity index (χ0) is 21.4. The smallest absolute Gasteiger partial charge is 0.338 e. The van der Waals surface area contributed by atoms with Crippen molar-refractivity contribution in [1.82, 2.24) is 14.3 Å². The topological polar surface area (TPSA) is 87.7 Å². The first kappa shape index (κ1) is 19.8. The van der Waals surface area contributed by atoms with E-state index in [1.807, 2.05) is 25.4 Å². The summed E-state index contributed by atoms with van der Waals surface area (Å²) in [5.74, 6) is 0.168. The molecule has 1 aromatic carbocycles. The number of hydrogen-bond acceptors (Lipinski definition) is 7. The van der Waals surface area contributed by atoms with Crippen LogP contribution in [0.4, 0.5) is 0 Å². The number of methoxy groups -OCH3 is 2. The molecular formula is C21H20N4O4S. The third kappa shape index (κ3) is 3.37. The standard InChI is InChI=1S/C21H20N4O4S/c1-12-17(20(27)29-4)18(14-5-7-15(28-3)8-6-14)25-19(26)16(30-21(25)23-12)9-13-10-22-24(2)11-13/h5-11,18H,1-4H3. The van der Waals surface area contributed by atoms with Gasteiger partial charge in [-0.05, 0) is 30.7 Å². The highest BCUT2D eigenvalue weighted by Crippen LogP contribution is 2.31. The van der Waals surface area contributed by atoms with E-state index in [9.17, 15) is 9.59 Å². The molecule has 0 N–H and O–H groups in total. The molecule has 0 aliphatic carbocycles. The lowest BCUT2D eigenvalue weighted by Gasteiger charge is -2.24. The molecule has 1 atom stereocenters. The van der Waals surface area contributed by atoms with Crippen LogP contribution in [-0.4, -0.2) is 34.5 Å². The number of carbonyl (C=O) groups excluding carboxylic acids is 1. The molecule has 8 nitrogen and oxygen atoms in total. The number of rotatable bonds is 4. The molecule has 2 aromatic heterocycles. The van der Waals surface area contributed by atoms with Crippen LogP contribution in [-0.2, 0) is 16.6 Å². The van der Waals surface area contributed by atoms with E-state index in [0.717, 1.165) is 11.1 Å². The van der Waals surface area contributed by atoms with Crippen LogP contribution in [0.5, 0.6) is 5.75 Å². The van der Waals surface area contributed by atoms with E-state index in [0.29, 0.717) is 26.4 Å². The Morgan fingerprint density at radius 2 is 1.97 bits per heavy atom. The first-order valence-electron chi connectivity index (χ1n) is 9.16. The minimum atomic E-state index is -0.643. The van der Waals surface area contributed by atoms with Gasteiger partial charge < -0.3 is 9.47 Å². The van der Waals surface area contributed by atoms with Gasteiger partial charge in [0, 0.05) is 18.8 Å². The van der Waals surface area contributed by atoms with Crippen molar-refractivity contribution in [2.75, 3.05) is 14.2 Å². The summed E-state index contributed by atoms with van der Waals surface area (Å²) in [6, 6.07) is 6.62. The van der Waals surface area contributed by atoms with Crippen LogP contribution >= 0.6 is 11.3 Å². The van der Waals surface area contributed by atoms with Crippen molar-refractivity contribution < 1.29 is 14.3 Å². The van der Waals surface area contributed by atoms with Crippen molar-refractivity contribution in [2.24, 2.45) is 12.0 Å². The van der Waals surface area contributed by atoms with Gasteiger partial charge in [0.1, 0.15) is 5.75 Å². The van der Waals surface area contributed by atoms with Gasteiger partial charge in [0.15, 0.2) is 4.80 Å². The number of aromatic nitrogens is 3. The van der Waals surface area contributed by atoms with E-state index < -0.39 is 12.0 Å². The highest BCUT2D eigenvalue weighted by atomic mass is 32.1. The van der Waals surface area contributed by atoms with Crippen LogP contribution < -0.4 is 19.6 Å². The van der Waals surface area contributed by atoms with Crippen LogP contribution in [0.1, 0.15) is 24.1 Å². The Balaban J connectivity index is 1.96. The molecule has 1 aliphatic heterocycles. The number of benzene rings is 1. The Hall–Kier alpha value is -3.46. The number of nitrogens with zero attached hydrogens (tertiary/aromatic N) is 4. The molecule has 0 saturated heterocycles. The number of allylic oxidation sites excluding steroid dienone is 1. The fraction of sp³-hybridized carbons (Fsp3) is 0.238. The third-order valence-corrected chi connectivity index (χ3v) is 5.86. The molecule has 0 bridgehead atoms. The molecule has 0 fully saturated rings. The molecule has 30 heavy (non-hydrogen) atoms. The lowest BCUT2D eigenvalue weighted by molar-refractivity contribution is -0.136. The molecular weight excluding hydrogens is 404 g/mol. The normalized spacial score (nSPS) is 16.3. The predicted molar refractivity (Wildman–Crippen MR) is 112 cm³/mol. The zero-order valence-electron chi connectivity index (χ0n) is 16.9. The Morgan fingerprint density at radius 3 is 2.57 bits per heavy atom. The number of esters is 1. The highest BCUT2D eigenvalue weighted by Gasteiger charge is 2.33. The van der Waals surface area contributed by atoms with Gasteiger partial charge in [0.2, 0.25) is 0 Å². The molecule has 1 aliphatic rings. The summed E-state index contributed by atoms with van der Waals surface area (Å²) < 4.78 is 14.0. The van der Waals surface area contributed by atoms with Gasteiger partial charge in [-0.25, -0.2) is 9.79 Å². The molecule has 0 spiro atoms. The second kappa shape index (κ2) is 7.75. The van der Waals surface area contributed by atoms with Gasteiger partial charge in [-0.15, -0.1) is 0 Å². The quantitative estimate of drug-likeness (QED) is 0.587. The van der Waals surface area contributed by atoms with Crippen molar-refractivity contribution in [3.8, 4) is 5.75 Å². The molecule has 1 unspecified atom stereocenters. The predicted octanol–water partition coefficient (Wildman–Crippen LogP) is 1.15. The van der Waals surface area contributed by atoms with Gasteiger partial charge in [-0.3, -0.25) is 14.0 Å². The Morgan fingerprint density at radius 1 is 1.23 bits per heavy atom. The summed E-state index contributed by atoms with van der Waals surface area (Å²) >= 11 is 1.28. The minimum absolute atomic E-state index is 0.225. The second-order valence-corrected chi connectivity index (χ2v) is 7.80. The minimum Gasteiger partial charge on any atom is -0.497 e. The van der Waals surface area contributed by atoms with Crippen molar-refractivity contribution in [2.45, 2.75) is 13.0 Å². The van der Waals surface area contributed by atoms with Gasteiger partial charge in [-0.1, -0.05) is 23.5 Å². The average molecular weight is 424 g/mol. The number of fused-ring (bicyclic) bond motifs is 1. The number of aryl methyl sites for hydroxylation is 1. The Labute approximate surface area is 176 Å². The van der Waals surface area contributed by atoms with Crippen LogP contribution in [0.2, 0.25) is 0 Å². The summed E-state index contributed by atoms with van der Waals surface area (Å²) in [4.78, 5) is 31.0. The maximum absolute atomic E-state index is 13.4. The first-order valence-corrected chi connectivity index (χ1v) is 9.98. The Kier molecular flexibility index (Phi) is 5.13. The number of ether oxygens (including phenoxy) is 2. The number of hydrogen-bond donors (Lipinski definition) is 0. The van der Waals surface area contributed by atoms with Crippen molar-refractivity contribution in [3.05, 3.63) is 78.7 Å². The van der Waals surface area contributed by atoms with E-state index >= 15 is 0 Å². The summed E-state index contributed by atoms with van der Waals surface area (Å²) in [6.07, 6.45) is 5.29. The van der Waals surface area contributed by atoms with Gasteiger partial charge in [0.05, 0.1) is 42.3 Å². The van der Waals surface area contributed by atoms with E-state index in [1.54, 1.807) is 47.7 Å². The molecule has 3 aromatic rings. The van der Waals surface area contributed by atoms with E-state index in [1.165, 1.54) is 18.4 Å². The first-order chi connectivity index (χ1) is 14.4. The SMILES string of the molecule is COC(=O)C1=C(C)N=c2sc(=Cc3cnn(C)c3)c(=O)n2C1c1ccc(OC)cc1. The van der Waals surface area contributed by atoms with Gasteiger partial charge >= 0.3 is 5.97 Å². The number of thiazole rings is 1. The summed E-state index contributed by atoms with van der Waals surface area (Å²) in [7, 11) is 4.72. The van der Waals surface area contributed by atoms with E-state index in [4.69, 9.17) is 9.47 Å². The van der Waals surface area contributed by atoms with E-state index in [-0.39, 0.29) is 5.56 Å². The van der Waals surface area contributed by atoms with Gasteiger partial charge in [0.25, 0.3) is 5.56 Å². The van der Waals surface area contributed by atoms with E-state index in [2.05, 4.69) is 10.1 Å². The van der Waals surface area contributed by atoms with Crippen molar-refractivity contribution in [3.63, 3.8) is 0 Å². The van der Waals surface area contributed by atoms with Crippen LogP contribution in [0.25, 0.3) is 6.08 Å². The van der Waals surface area contributed by atoms with Crippen LogP contribution in [0, 0.1) is 0 Å².